The minimum Gasteiger partial charge on any atom is -0.360 e. The fourth-order valence-corrected chi connectivity index (χ4v) is 2.55. The fourth-order valence-electron chi connectivity index (χ4n) is 1.37. The van der Waals surface area contributed by atoms with E-state index in [0.717, 1.165) is 28.9 Å². The van der Waals surface area contributed by atoms with Gasteiger partial charge in [-0.25, -0.2) is 4.98 Å². The zero-order chi connectivity index (χ0) is 9.97. The monoisotopic (exact) mass is 275 g/mol. The number of nitrogens with zero attached hydrogens (tertiary/aromatic N) is 2. The van der Waals surface area contributed by atoms with E-state index in [1.165, 1.54) is 12.8 Å². The van der Waals surface area contributed by atoms with Crippen molar-refractivity contribution in [1.29, 1.82) is 0 Å². The summed E-state index contributed by atoms with van der Waals surface area (Å²) >= 11 is 4.97. The van der Waals surface area contributed by atoms with Crippen LogP contribution in [0, 0.1) is 0 Å². The SMILES string of the molecule is CN(CCNc1nc(Br)cs1)C1CC1. The van der Waals surface area contributed by atoms with Crippen LogP contribution in [0.2, 0.25) is 0 Å². The van der Waals surface area contributed by atoms with E-state index in [1.54, 1.807) is 11.3 Å². The summed E-state index contributed by atoms with van der Waals surface area (Å²) in [6.45, 7) is 2.08. The van der Waals surface area contributed by atoms with Gasteiger partial charge in [0.05, 0.1) is 0 Å². The minimum atomic E-state index is 0.847. The molecule has 1 saturated carbocycles. The van der Waals surface area contributed by atoms with Crippen molar-refractivity contribution in [2.24, 2.45) is 0 Å². The second-order valence-corrected chi connectivity index (χ2v) is 5.28. The Kier molecular flexibility index (Phi) is 3.41. The van der Waals surface area contributed by atoms with Gasteiger partial charge >= 0.3 is 0 Å². The summed E-state index contributed by atoms with van der Waals surface area (Å²) in [6, 6.07) is 0.847. The summed E-state index contributed by atoms with van der Waals surface area (Å²) in [5.41, 5.74) is 0. The van der Waals surface area contributed by atoms with Crippen LogP contribution >= 0.6 is 27.3 Å². The average molecular weight is 276 g/mol. The first kappa shape index (κ1) is 10.4. The maximum absolute atomic E-state index is 4.27. The number of likely N-dealkylation sites (N-methyl/N-ethyl adjacent to an activating group) is 1. The number of rotatable bonds is 5. The molecule has 0 spiro atoms. The summed E-state index contributed by atoms with van der Waals surface area (Å²) in [7, 11) is 2.19. The van der Waals surface area contributed by atoms with Crippen LogP contribution in [-0.4, -0.2) is 36.1 Å². The molecule has 0 amide bonds. The van der Waals surface area contributed by atoms with E-state index in [-0.39, 0.29) is 0 Å². The first-order chi connectivity index (χ1) is 6.75. The molecule has 5 heteroatoms. The molecule has 1 N–H and O–H groups in total. The van der Waals surface area contributed by atoms with Gasteiger partial charge < -0.3 is 10.2 Å². The lowest BCUT2D eigenvalue weighted by atomic mass is 10.5. The molecule has 0 aliphatic heterocycles. The number of anilines is 1. The van der Waals surface area contributed by atoms with Crippen molar-refractivity contribution in [2.45, 2.75) is 18.9 Å². The highest BCUT2D eigenvalue weighted by Crippen LogP contribution is 2.25. The Morgan fingerprint density at radius 1 is 1.71 bits per heavy atom. The lowest BCUT2D eigenvalue weighted by Gasteiger charge is -2.15. The second-order valence-electron chi connectivity index (χ2n) is 3.61. The minimum absolute atomic E-state index is 0.847. The molecule has 1 heterocycles. The van der Waals surface area contributed by atoms with E-state index in [0.29, 0.717) is 0 Å². The summed E-state index contributed by atoms with van der Waals surface area (Å²) in [5, 5.41) is 6.31. The van der Waals surface area contributed by atoms with E-state index < -0.39 is 0 Å². The third kappa shape index (κ3) is 2.93. The van der Waals surface area contributed by atoms with Crippen molar-refractivity contribution in [3.05, 3.63) is 9.98 Å². The highest BCUT2D eigenvalue weighted by Gasteiger charge is 2.25. The Hall–Kier alpha value is -0.130. The van der Waals surface area contributed by atoms with Crippen molar-refractivity contribution in [3.8, 4) is 0 Å². The van der Waals surface area contributed by atoms with Gasteiger partial charge in [0.25, 0.3) is 0 Å². The van der Waals surface area contributed by atoms with E-state index in [9.17, 15) is 0 Å². The first-order valence-electron chi connectivity index (χ1n) is 4.81. The van der Waals surface area contributed by atoms with Gasteiger partial charge in [0.1, 0.15) is 4.60 Å². The quantitative estimate of drug-likeness (QED) is 0.895. The van der Waals surface area contributed by atoms with Gasteiger partial charge in [-0.05, 0) is 35.8 Å². The molecule has 1 aromatic heterocycles. The molecule has 1 aliphatic carbocycles. The largest absolute Gasteiger partial charge is 0.360 e. The highest BCUT2D eigenvalue weighted by atomic mass is 79.9. The zero-order valence-electron chi connectivity index (χ0n) is 8.16. The number of hydrogen-bond donors (Lipinski definition) is 1. The molecule has 0 bridgehead atoms. The molecule has 3 nitrogen and oxygen atoms in total. The predicted molar refractivity (Wildman–Crippen MR) is 64.0 cm³/mol. The summed E-state index contributed by atoms with van der Waals surface area (Å²) < 4.78 is 0.917. The third-order valence-electron chi connectivity index (χ3n) is 2.39. The van der Waals surface area contributed by atoms with Crippen molar-refractivity contribution >= 4 is 32.4 Å². The third-order valence-corrected chi connectivity index (χ3v) is 3.90. The van der Waals surface area contributed by atoms with Crippen LogP contribution in [0.1, 0.15) is 12.8 Å². The maximum atomic E-state index is 4.27. The molecular formula is C9H14BrN3S. The number of nitrogens with one attached hydrogen (secondary N) is 1. The van der Waals surface area contributed by atoms with Crippen LogP contribution in [0.25, 0.3) is 0 Å². The summed E-state index contributed by atoms with van der Waals surface area (Å²) in [4.78, 5) is 6.69. The molecule has 1 aromatic rings. The fraction of sp³-hybridized carbons (Fsp3) is 0.667. The van der Waals surface area contributed by atoms with Gasteiger partial charge in [0.2, 0.25) is 0 Å². The second kappa shape index (κ2) is 4.59. The maximum Gasteiger partial charge on any atom is 0.183 e. The molecule has 0 atom stereocenters. The van der Waals surface area contributed by atoms with Crippen molar-refractivity contribution < 1.29 is 0 Å². The Morgan fingerprint density at radius 2 is 2.50 bits per heavy atom. The van der Waals surface area contributed by atoms with Gasteiger partial charge in [-0.15, -0.1) is 11.3 Å². The molecule has 2 rings (SSSR count). The van der Waals surface area contributed by atoms with Crippen molar-refractivity contribution in [3.63, 3.8) is 0 Å². The molecule has 14 heavy (non-hydrogen) atoms. The molecule has 0 aromatic carbocycles. The predicted octanol–water partition coefficient (Wildman–Crippen LogP) is 2.41. The molecule has 1 aliphatic rings. The van der Waals surface area contributed by atoms with Crippen LogP contribution in [0.4, 0.5) is 5.13 Å². The normalized spacial score (nSPS) is 16.2. The standard InChI is InChI=1S/C9H14BrN3S/c1-13(7-2-3-7)5-4-11-9-12-8(10)6-14-9/h6-7H,2-5H2,1H3,(H,11,12). The van der Waals surface area contributed by atoms with Crippen molar-refractivity contribution in [1.82, 2.24) is 9.88 Å². The molecule has 0 saturated heterocycles. The molecule has 0 radical (unpaired) electrons. The Morgan fingerprint density at radius 3 is 3.07 bits per heavy atom. The summed E-state index contributed by atoms with van der Waals surface area (Å²) in [5.74, 6) is 0. The lowest BCUT2D eigenvalue weighted by molar-refractivity contribution is 0.337. The molecule has 1 fully saturated rings. The van der Waals surface area contributed by atoms with Gasteiger partial charge in [0, 0.05) is 24.5 Å². The lowest BCUT2D eigenvalue weighted by Crippen LogP contribution is -2.26. The average Bonchev–Trinajstić information content (AvgIpc) is 2.92. The number of halogens is 1. The van der Waals surface area contributed by atoms with Crippen molar-refractivity contribution in [2.75, 3.05) is 25.5 Å². The molecular weight excluding hydrogens is 262 g/mol. The number of aromatic nitrogens is 1. The molecule has 78 valence electrons. The smallest absolute Gasteiger partial charge is 0.183 e. The van der Waals surface area contributed by atoms with Crippen LogP contribution in [-0.2, 0) is 0 Å². The van der Waals surface area contributed by atoms with E-state index in [2.05, 4.69) is 38.2 Å². The van der Waals surface area contributed by atoms with Gasteiger partial charge in [-0.2, -0.15) is 0 Å². The van der Waals surface area contributed by atoms with Crippen LogP contribution in [0.15, 0.2) is 9.98 Å². The van der Waals surface area contributed by atoms with Gasteiger partial charge in [0.15, 0.2) is 5.13 Å². The van der Waals surface area contributed by atoms with E-state index in [4.69, 9.17) is 0 Å². The Bertz CT molecular complexity index is 298. The van der Waals surface area contributed by atoms with Crippen LogP contribution in [0.5, 0.6) is 0 Å². The molecule has 0 unspecified atom stereocenters. The number of thiazole rings is 1. The van der Waals surface area contributed by atoms with Gasteiger partial charge in [-0.3, -0.25) is 0 Å². The number of hydrogen-bond acceptors (Lipinski definition) is 4. The van der Waals surface area contributed by atoms with Crippen LogP contribution in [0.3, 0.4) is 0 Å². The zero-order valence-corrected chi connectivity index (χ0v) is 10.6. The Labute approximate surface area is 96.7 Å². The first-order valence-corrected chi connectivity index (χ1v) is 6.48. The van der Waals surface area contributed by atoms with Crippen LogP contribution < -0.4 is 5.32 Å². The highest BCUT2D eigenvalue weighted by molar-refractivity contribution is 9.10. The van der Waals surface area contributed by atoms with E-state index >= 15 is 0 Å². The topological polar surface area (TPSA) is 28.2 Å². The van der Waals surface area contributed by atoms with E-state index in [1.807, 2.05) is 5.38 Å². The summed E-state index contributed by atoms with van der Waals surface area (Å²) in [6.07, 6.45) is 2.75. The Balaban J connectivity index is 1.67. The van der Waals surface area contributed by atoms with Gasteiger partial charge in [-0.1, -0.05) is 0 Å².